The quantitative estimate of drug-likeness (QED) is 0.382. The third-order valence-electron chi connectivity index (χ3n) is 6.11. The molecule has 0 radical (unpaired) electrons. The van der Waals surface area contributed by atoms with Gasteiger partial charge < -0.3 is 19.5 Å². The molecular weight excluding hydrogens is 456 g/mol. The van der Waals surface area contributed by atoms with Crippen LogP contribution in [0.1, 0.15) is 17.5 Å². The first kappa shape index (κ1) is 23.0. The van der Waals surface area contributed by atoms with Crippen molar-refractivity contribution in [2.24, 2.45) is 0 Å². The van der Waals surface area contributed by atoms with Crippen LogP contribution in [-0.4, -0.2) is 31.8 Å². The highest BCUT2D eigenvalue weighted by Crippen LogP contribution is 2.38. The highest BCUT2D eigenvalue weighted by molar-refractivity contribution is 6.02. The minimum absolute atomic E-state index is 0.213. The third-order valence-corrected chi connectivity index (χ3v) is 6.11. The van der Waals surface area contributed by atoms with E-state index in [0.717, 1.165) is 35.0 Å². The number of fused-ring (bicyclic) bond motifs is 2. The molecule has 0 spiro atoms. The second-order valence-corrected chi connectivity index (χ2v) is 8.30. The summed E-state index contributed by atoms with van der Waals surface area (Å²) in [6.07, 6.45) is 3.37. The summed E-state index contributed by atoms with van der Waals surface area (Å²) in [7, 11) is 3.18. The van der Waals surface area contributed by atoms with Gasteiger partial charge in [0.15, 0.2) is 11.5 Å². The number of urea groups is 1. The number of methoxy groups -OCH3 is 2. The Balaban J connectivity index is 1.39. The molecule has 1 N–H and O–H groups in total. The van der Waals surface area contributed by atoms with Crippen LogP contribution in [0.5, 0.6) is 23.0 Å². The summed E-state index contributed by atoms with van der Waals surface area (Å²) in [5, 5.41) is 12.7. The average molecular weight is 481 g/mol. The summed E-state index contributed by atoms with van der Waals surface area (Å²) in [5.74, 6) is 2.51. The maximum atomic E-state index is 13.0. The number of anilines is 2. The largest absolute Gasteiger partial charge is 0.493 e. The van der Waals surface area contributed by atoms with Crippen molar-refractivity contribution in [2.45, 2.75) is 12.8 Å². The second-order valence-electron chi connectivity index (χ2n) is 8.30. The first-order valence-electron chi connectivity index (χ1n) is 11.5. The standard InChI is InChI=1S/C28H24N4O4/c1-34-26-15-22-23(16-27(26)35-2)30-12-11-25(22)36-21-9-10-24-19(14-21)4-3-13-32(24)28(33)31-20-7-5-18(17-29)6-8-20/h5-12,14-16H,3-4,13H2,1-2H3,(H,31,33). The van der Waals surface area contributed by atoms with Crippen LogP contribution in [-0.2, 0) is 6.42 Å². The fraction of sp³-hybridized carbons (Fsp3) is 0.179. The molecule has 5 rings (SSSR count). The summed E-state index contributed by atoms with van der Waals surface area (Å²) in [6.45, 7) is 0.617. The lowest BCUT2D eigenvalue weighted by Crippen LogP contribution is -2.38. The summed E-state index contributed by atoms with van der Waals surface area (Å²) in [5.41, 5.74) is 3.80. The van der Waals surface area contributed by atoms with Crippen molar-refractivity contribution in [3.8, 4) is 29.1 Å². The van der Waals surface area contributed by atoms with Crippen LogP contribution in [0.25, 0.3) is 10.9 Å². The lowest BCUT2D eigenvalue weighted by atomic mass is 10.0. The Morgan fingerprint density at radius 2 is 1.78 bits per heavy atom. The molecule has 3 aromatic carbocycles. The molecule has 0 unspecified atom stereocenters. The predicted octanol–water partition coefficient (Wildman–Crippen LogP) is 5.90. The Morgan fingerprint density at radius 3 is 2.53 bits per heavy atom. The molecule has 1 aromatic heterocycles. The summed E-state index contributed by atoms with van der Waals surface area (Å²) < 4.78 is 17.1. The molecule has 0 saturated heterocycles. The number of nitrogens with zero attached hydrogens (tertiary/aromatic N) is 3. The highest BCUT2D eigenvalue weighted by Gasteiger charge is 2.23. The van der Waals surface area contributed by atoms with E-state index in [1.807, 2.05) is 36.4 Å². The molecule has 4 aromatic rings. The van der Waals surface area contributed by atoms with Crippen molar-refractivity contribution in [3.05, 3.63) is 78.0 Å². The van der Waals surface area contributed by atoms with E-state index >= 15 is 0 Å². The van der Waals surface area contributed by atoms with Crippen LogP contribution in [0.4, 0.5) is 16.2 Å². The number of amides is 2. The molecule has 180 valence electrons. The monoisotopic (exact) mass is 480 g/mol. The van der Waals surface area contributed by atoms with Crippen molar-refractivity contribution < 1.29 is 19.0 Å². The van der Waals surface area contributed by atoms with Crippen molar-refractivity contribution in [1.82, 2.24) is 4.98 Å². The zero-order valence-electron chi connectivity index (χ0n) is 19.9. The zero-order valence-corrected chi connectivity index (χ0v) is 19.9. The van der Waals surface area contributed by atoms with E-state index in [4.69, 9.17) is 19.5 Å². The van der Waals surface area contributed by atoms with Crippen LogP contribution in [0.2, 0.25) is 0 Å². The van der Waals surface area contributed by atoms with Crippen LogP contribution in [0.3, 0.4) is 0 Å². The molecule has 8 nitrogen and oxygen atoms in total. The van der Waals surface area contributed by atoms with Gasteiger partial charge in [-0.05, 0) is 73.0 Å². The van der Waals surface area contributed by atoms with Gasteiger partial charge in [0.25, 0.3) is 0 Å². The molecule has 0 saturated carbocycles. The van der Waals surface area contributed by atoms with Gasteiger partial charge in [0, 0.05) is 35.6 Å². The number of nitriles is 1. The minimum atomic E-state index is -0.213. The van der Waals surface area contributed by atoms with Crippen molar-refractivity contribution in [3.63, 3.8) is 0 Å². The Kier molecular flexibility index (Phi) is 6.29. The molecule has 0 atom stereocenters. The van der Waals surface area contributed by atoms with Gasteiger partial charge in [-0.25, -0.2) is 4.79 Å². The number of benzene rings is 3. The first-order chi connectivity index (χ1) is 17.6. The van der Waals surface area contributed by atoms with Crippen molar-refractivity contribution in [2.75, 3.05) is 31.0 Å². The topological polar surface area (TPSA) is 96.7 Å². The molecule has 0 bridgehead atoms. The molecule has 2 amide bonds. The third kappa shape index (κ3) is 4.46. The normalized spacial score (nSPS) is 12.4. The molecule has 8 heteroatoms. The van der Waals surface area contributed by atoms with E-state index in [1.165, 1.54) is 0 Å². The zero-order chi connectivity index (χ0) is 25.1. The SMILES string of the molecule is COc1cc2nccc(Oc3ccc4c(c3)CCCN4C(=O)Nc3ccc(C#N)cc3)c2cc1OC. The van der Waals surface area contributed by atoms with Gasteiger partial charge in [-0.2, -0.15) is 5.26 Å². The fourth-order valence-electron chi connectivity index (χ4n) is 4.33. The summed E-state index contributed by atoms with van der Waals surface area (Å²) in [6, 6.07) is 19.9. The number of carbonyl (C=O) groups is 1. The minimum Gasteiger partial charge on any atom is -0.493 e. The average Bonchev–Trinajstić information content (AvgIpc) is 2.92. The summed E-state index contributed by atoms with van der Waals surface area (Å²) in [4.78, 5) is 19.2. The molecule has 36 heavy (non-hydrogen) atoms. The summed E-state index contributed by atoms with van der Waals surface area (Å²) >= 11 is 0. The highest BCUT2D eigenvalue weighted by atomic mass is 16.5. The van der Waals surface area contributed by atoms with E-state index in [9.17, 15) is 4.79 Å². The van der Waals surface area contributed by atoms with Gasteiger partial charge in [0.1, 0.15) is 11.5 Å². The number of pyridine rings is 1. The number of aromatic nitrogens is 1. The molecule has 0 aliphatic carbocycles. The lowest BCUT2D eigenvalue weighted by Gasteiger charge is -2.30. The van der Waals surface area contributed by atoms with Gasteiger partial charge in [0.2, 0.25) is 0 Å². The number of ether oxygens (including phenoxy) is 3. The number of aryl methyl sites for hydroxylation is 1. The molecular formula is C28H24N4O4. The second kappa shape index (κ2) is 9.84. The van der Waals surface area contributed by atoms with Crippen LogP contribution < -0.4 is 24.4 Å². The molecule has 0 fully saturated rings. The van der Waals surface area contributed by atoms with Crippen LogP contribution >= 0.6 is 0 Å². The number of carbonyl (C=O) groups excluding carboxylic acids is 1. The van der Waals surface area contributed by atoms with Gasteiger partial charge in [-0.1, -0.05) is 0 Å². The maximum absolute atomic E-state index is 13.0. The van der Waals surface area contributed by atoms with Gasteiger partial charge in [-0.15, -0.1) is 0 Å². The molecule has 2 heterocycles. The van der Waals surface area contributed by atoms with Gasteiger partial charge >= 0.3 is 6.03 Å². The first-order valence-corrected chi connectivity index (χ1v) is 11.5. The fourth-order valence-corrected chi connectivity index (χ4v) is 4.33. The van der Waals surface area contributed by atoms with E-state index in [2.05, 4.69) is 16.4 Å². The Bertz CT molecular complexity index is 1480. The number of hydrogen-bond donors (Lipinski definition) is 1. The lowest BCUT2D eigenvalue weighted by molar-refractivity contribution is 0.256. The van der Waals surface area contributed by atoms with E-state index in [1.54, 1.807) is 49.6 Å². The van der Waals surface area contributed by atoms with Crippen LogP contribution in [0.15, 0.2) is 66.9 Å². The maximum Gasteiger partial charge on any atom is 0.326 e. The number of hydrogen-bond acceptors (Lipinski definition) is 6. The smallest absolute Gasteiger partial charge is 0.326 e. The van der Waals surface area contributed by atoms with Crippen LogP contribution in [0, 0.1) is 11.3 Å². The van der Waals surface area contributed by atoms with Gasteiger partial charge in [-0.3, -0.25) is 9.88 Å². The van der Waals surface area contributed by atoms with Crippen molar-refractivity contribution in [1.29, 1.82) is 5.26 Å². The van der Waals surface area contributed by atoms with E-state index in [0.29, 0.717) is 40.8 Å². The number of nitrogens with one attached hydrogen (secondary N) is 1. The number of rotatable bonds is 5. The van der Waals surface area contributed by atoms with Gasteiger partial charge in [0.05, 0.1) is 31.4 Å². The Hall–Kier alpha value is -4.77. The van der Waals surface area contributed by atoms with Crippen molar-refractivity contribution >= 4 is 28.3 Å². The Morgan fingerprint density at radius 1 is 1.00 bits per heavy atom. The van der Waals surface area contributed by atoms with E-state index < -0.39 is 0 Å². The van der Waals surface area contributed by atoms with E-state index in [-0.39, 0.29) is 6.03 Å². The molecule has 1 aliphatic rings. The molecule has 1 aliphatic heterocycles. The predicted molar refractivity (Wildman–Crippen MR) is 137 cm³/mol. The Labute approximate surface area is 208 Å².